The number of halogens is 1. The van der Waals surface area contributed by atoms with Crippen molar-refractivity contribution in [2.45, 2.75) is 38.3 Å². The Kier molecular flexibility index (Phi) is 6.15. The molecule has 1 fully saturated rings. The molecule has 1 aromatic carbocycles. The van der Waals surface area contributed by atoms with Crippen molar-refractivity contribution in [1.82, 2.24) is 4.90 Å². The van der Waals surface area contributed by atoms with Gasteiger partial charge in [-0.2, -0.15) is 0 Å². The highest BCUT2D eigenvalue weighted by Gasteiger charge is 2.22. The van der Waals surface area contributed by atoms with Gasteiger partial charge in [0.25, 0.3) is 0 Å². The van der Waals surface area contributed by atoms with Crippen LogP contribution < -0.4 is 15.2 Å². The molecule has 0 bridgehead atoms. The maximum absolute atomic E-state index is 5.74. The highest BCUT2D eigenvalue weighted by Crippen LogP contribution is 2.32. The Morgan fingerprint density at radius 1 is 1.14 bits per heavy atom. The molecular weight excluding hydrogens is 288 g/mol. The number of likely N-dealkylation sites (tertiary alicyclic amines) is 1. The number of ether oxygens (including phenoxy) is 2. The number of hydrogen-bond donors (Lipinski definition) is 1. The molecule has 1 atom stereocenters. The maximum atomic E-state index is 5.74. The third-order valence-electron chi connectivity index (χ3n) is 4.24. The van der Waals surface area contributed by atoms with Crippen molar-refractivity contribution < 1.29 is 9.47 Å². The summed E-state index contributed by atoms with van der Waals surface area (Å²) >= 11 is 0. The number of rotatable bonds is 4. The highest BCUT2D eigenvalue weighted by molar-refractivity contribution is 5.85. The normalized spacial score (nSPS) is 21.7. The molecule has 2 heterocycles. The zero-order chi connectivity index (χ0) is 13.8. The SMILES string of the molecule is Cl.NCCC1CCCCN1Cc1ccc2c(c1)OCCO2. The number of piperidine rings is 1. The van der Waals surface area contributed by atoms with E-state index in [1.54, 1.807) is 0 Å². The molecule has 0 aliphatic carbocycles. The molecule has 118 valence electrons. The van der Waals surface area contributed by atoms with Crippen LogP contribution in [0.25, 0.3) is 0 Å². The average molecular weight is 313 g/mol. The highest BCUT2D eigenvalue weighted by atomic mass is 35.5. The Morgan fingerprint density at radius 3 is 2.76 bits per heavy atom. The standard InChI is InChI=1S/C16H24N2O2.ClH/c17-7-6-14-3-1-2-8-18(14)12-13-4-5-15-16(11-13)20-10-9-19-15;/h4-5,11,14H,1-3,6-10,12,17H2;1H. The Morgan fingerprint density at radius 2 is 1.95 bits per heavy atom. The van der Waals surface area contributed by atoms with Crippen LogP contribution in [0.5, 0.6) is 11.5 Å². The minimum absolute atomic E-state index is 0. The van der Waals surface area contributed by atoms with Gasteiger partial charge in [-0.1, -0.05) is 12.5 Å². The predicted molar refractivity (Wildman–Crippen MR) is 86.4 cm³/mol. The first-order valence-corrected chi connectivity index (χ1v) is 7.69. The molecule has 2 N–H and O–H groups in total. The zero-order valence-electron chi connectivity index (χ0n) is 12.4. The first-order valence-electron chi connectivity index (χ1n) is 7.69. The van der Waals surface area contributed by atoms with Crippen molar-refractivity contribution in [2.24, 2.45) is 5.73 Å². The summed E-state index contributed by atoms with van der Waals surface area (Å²) in [5, 5.41) is 0. The second kappa shape index (κ2) is 7.87. The summed E-state index contributed by atoms with van der Waals surface area (Å²) in [4.78, 5) is 2.57. The van der Waals surface area contributed by atoms with Crippen molar-refractivity contribution in [3.05, 3.63) is 23.8 Å². The average Bonchev–Trinajstić information content (AvgIpc) is 2.49. The lowest BCUT2D eigenvalue weighted by Gasteiger charge is -2.35. The summed E-state index contributed by atoms with van der Waals surface area (Å²) in [6, 6.07) is 6.96. The molecule has 2 aliphatic heterocycles. The quantitative estimate of drug-likeness (QED) is 0.928. The minimum Gasteiger partial charge on any atom is -0.486 e. The van der Waals surface area contributed by atoms with Crippen LogP contribution in [-0.4, -0.2) is 37.2 Å². The Bertz CT molecular complexity index is 454. The number of hydrogen-bond acceptors (Lipinski definition) is 4. The first-order chi connectivity index (χ1) is 9.86. The van der Waals surface area contributed by atoms with E-state index in [1.165, 1.54) is 31.4 Å². The molecule has 0 saturated carbocycles. The smallest absolute Gasteiger partial charge is 0.161 e. The number of nitrogens with zero attached hydrogens (tertiary/aromatic N) is 1. The van der Waals surface area contributed by atoms with Crippen molar-refractivity contribution in [3.63, 3.8) is 0 Å². The summed E-state index contributed by atoms with van der Waals surface area (Å²) < 4.78 is 11.2. The number of benzene rings is 1. The van der Waals surface area contributed by atoms with E-state index in [9.17, 15) is 0 Å². The van der Waals surface area contributed by atoms with E-state index >= 15 is 0 Å². The Balaban J connectivity index is 0.00000161. The summed E-state index contributed by atoms with van der Waals surface area (Å²) in [5.41, 5.74) is 7.05. The van der Waals surface area contributed by atoms with Gasteiger partial charge in [-0.15, -0.1) is 12.4 Å². The van der Waals surface area contributed by atoms with Crippen molar-refractivity contribution in [2.75, 3.05) is 26.3 Å². The third kappa shape index (κ3) is 4.02. The van der Waals surface area contributed by atoms with E-state index in [0.29, 0.717) is 19.3 Å². The van der Waals surface area contributed by atoms with Gasteiger partial charge in [-0.05, 0) is 50.0 Å². The molecule has 1 unspecified atom stereocenters. The summed E-state index contributed by atoms with van der Waals surface area (Å²) in [6.45, 7) is 4.25. The molecule has 21 heavy (non-hydrogen) atoms. The second-order valence-corrected chi connectivity index (χ2v) is 5.68. The lowest BCUT2D eigenvalue weighted by atomic mass is 9.98. The molecule has 0 radical (unpaired) electrons. The van der Waals surface area contributed by atoms with E-state index in [-0.39, 0.29) is 12.4 Å². The van der Waals surface area contributed by atoms with Crippen LogP contribution in [0.1, 0.15) is 31.2 Å². The van der Waals surface area contributed by atoms with Crippen LogP contribution in [0.3, 0.4) is 0 Å². The van der Waals surface area contributed by atoms with Gasteiger partial charge >= 0.3 is 0 Å². The molecule has 1 aromatic rings. The fourth-order valence-corrected chi connectivity index (χ4v) is 3.21. The molecule has 3 rings (SSSR count). The molecule has 0 aromatic heterocycles. The van der Waals surface area contributed by atoms with Crippen LogP contribution in [0.15, 0.2) is 18.2 Å². The predicted octanol–water partition coefficient (Wildman–Crippen LogP) is 2.58. The lowest BCUT2D eigenvalue weighted by molar-refractivity contribution is 0.133. The van der Waals surface area contributed by atoms with E-state index < -0.39 is 0 Å². The van der Waals surface area contributed by atoms with Crippen LogP contribution in [-0.2, 0) is 6.54 Å². The van der Waals surface area contributed by atoms with Crippen LogP contribution in [0.2, 0.25) is 0 Å². The Labute approximate surface area is 133 Å². The van der Waals surface area contributed by atoms with Gasteiger partial charge in [0.05, 0.1) is 0 Å². The topological polar surface area (TPSA) is 47.7 Å². The first kappa shape index (κ1) is 16.4. The monoisotopic (exact) mass is 312 g/mol. The van der Waals surface area contributed by atoms with E-state index in [2.05, 4.69) is 17.0 Å². The van der Waals surface area contributed by atoms with Gasteiger partial charge in [-0.3, -0.25) is 4.90 Å². The number of nitrogens with two attached hydrogens (primary N) is 1. The molecule has 1 saturated heterocycles. The van der Waals surface area contributed by atoms with Gasteiger partial charge in [0.2, 0.25) is 0 Å². The van der Waals surface area contributed by atoms with Crippen molar-refractivity contribution in [1.29, 1.82) is 0 Å². The summed E-state index contributed by atoms with van der Waals surface area (Å²) in [7, 11) is 0. The van der Waals surface area contributed by atoms with Crippen molar-refractivity contribution >= 4 is 12.4 Å². The molecule has 4 nitrogen and oxygen atoms in total. The van der Waals surface area contributed by atoms with Gasteiger partial charge in [0, 0.05) is 12.6 Å². The van der Waals surface area contributed by atoms with Gasteiger partial charge in [0.1, 0.15) is 13.2 Å². The third-order valence-corrected chi connectivity index (χ3v) is 4.24. The molecule has 5 heteroatoms. The van der Waals surface area contributed by atoms with Crippen LogP contribution in [0.4, 0.5) is 0 Å². The van der Waals surface area contributed by atoms with Crippen molar-refractivity contribution in [3.8, 4) is 11.5 Å². The lowest BCUT2D eigenvalue weighted by Crippen LogP contribution is -2.40. The minimum atomic E-state index is 0. The summed E-state index contributed by atoms with van der Waals surface area (Å²) in [5.74, 6) is 1.76. The fraction of sp³-hybridized carbons (Fsp3) is 0.625. The largest absolute Gasteiger partial charge is 0.486 e. The molecule has 0 amide bonds. The van der Waals surface area contributed by atoms with E-state index in [4.69, 9.17) is 15.2 Å². The summed E-state index contributed by atoms with van der Waals surface area (Å²) in [6.07, 6.45) is 5.01. The zero-order valence-corrected chi connectivity index (χ0v) is 13.2. The van der Waals surface area contributed by atoms with Gasteiger partial charge in [-0.25, -0.2) is 0 Å². The molecule has 2 aliphatic rings. The van der Waals surface area contributed by atoms with Gasteiger partial charge < -0.3 is 15.2 Å². The van der Waals surface area contributed by atoms with Crippen LogP contribution >= 0.6 is 12.4 Å². The number of fused-ring (bicyclic) bond motifs is 1. The molecule has 0 spiro atoms. The maximum Gasteiger partial charge on any atom is 0.161 e. The Hall–Kier alpha value is -0.970. The molecular formula is C16H25ClN2O2. The van der Waals surface area contributed by atoms with Gasteiger partial charge in [0.15, 0.2) is 11.5 Å². The fourth-order valence-electron chi connectivity index (χ4n) is 3.21. The van der Waals surface area contributed by atoms with E-state index in [1.807, 2.05) is 6.07 Å². The second-order valence-electron chi connectivity index (χ2n) is 5.68. The van der Waals surface area contributed by atoms with E-state index in [0.717, 1.165) is 31.0 Å². The van der Waals surface area contributed by atoms with Crippen LogP contribution in [0, 0.1) is 0 Å².